The van der Waals surface area contributed by atoms with Gasteiger partial charge in [-0.2, -0.15) is 0 Å². The van der Waals surface area contributed by atoms with E-state index in [1.165, 1.54) is 17.8 Å². The van der Waals surface area contributed by atoms with Crippen LogP contribution in [0.25, 0.3) is 0 Å². The predicted molar refractivity (Wildman–Crippen MR) is 163 cm³/mol. The number of aromatic carboxylic acids is 1. The number of ketones is 1. The molecule has 1 aromatic heterocycles. The molecule has 3 rings (SSSR count). The molecule has 3 aromatic rings. The van der Waals surface area contributed by atoms with E-state index in [1.54, 1.807) is 12.1 Å². The summed E-state index contributed by atoms with van der Waals surface area (Å²) in [7, 11) is -4.07. The number of carboxylic acids is 2. The van der Waals surface area contributed by atoms with Gasteiger partial charge in [-0.3, -0.25) is 14.4 Å². The van der Waals surface area contributed by atoms with Gasteiger partial charge in [0, 0.05) is 29.1 Å². The Balaban J connectivity index is 0.00000135. The minimum Gasteiger partial charge on any atom is -0.507 e. The highest BCUT2D eigenvalue weighted by Crippen LogP contribution is 2.23. The third-order valence-corrected chi connectivity index (χ3v) is 8.65. The molecule has 1 heterocycles. The van der Waals surface area contributed by atoms with Gasteiger partial charge >= 0.3 is 5.97 Å². The lowest BCUT2D eigenvalue weighted by Crippen LogP contribution is -2.29. The van der Waals surface area contributed by atoms with Gasteiger partial charge in [0.15, 0.2) is 5.78 Å². The summed E-state index contributed by atoms with van der Waals surface area (Å²) in [5, 5.41) is 29.2. The van der Waals surface area contributed by atoms with E-state index >= 15 is 0 Å². The van der Waals surface area contributed by atoms with E-state index in [4.69, 9.17) is 26.6 Å². The molecule has 0 fully saturated rings. The molecule has 0 saturated heterocycles. The first-order valence-electron chi connectivity index (χ1n) is 12.3. The van der Waals surface area contributed by atoms with Gasteiger partial charge in [-0.05, 0) is 42.0 Å². The number of phenols is 1. The molecular weight excluding hydrogens is 628 g/mol. The maximum atomic E-state index is 12.5. The molecule has 15 heteroatoms. The molecule has 0 aliphatic heterocycles. The quantitative estimate of drug-likeness (QED) is 0.184. The second-order valence-corrected chi connectivity index (χ2v) is 12.2. The van der Waals surface area contributed by atoms with Crippen LogP contribution < -0.4 is 10.0 Å². The van der Waals surface area contributed by atoms with Crippen molar-refractivity contribution in [3.63, 3.8) is 0 Å². The van der Waals surface area contributed by atoms with Crippen LogP contribution in [0.3, 0.4) is 0 Å². The Bertz CT molecular complexity index is 1490. The Morgan fingerprint density at radius 2 is 1.64 bits per heavy atom. The zero-order valence-corrected chi connectivity index (χ0v) is 26.1. The van der Waals surface area contributed by atoms with Crippen LogP contribution in [0, 0.1) is 0 Å². The molecule has 0 aliphatic rings. The van der Waals surface area contributed by atoms with Crippen molar-refractivity contribution in [3.05, 3.63) is 80.5 Å². The van der Waals surface area contributed by atoms with Crippen molar-refractivity contribution in [2.45, 2.75) is 38.0 Å². The van der Waals surface area contributed by atoms with Crippen molar-refractivity contribution in [2.24, 2.45) is 0 Å². The fourth-order valence-electron chi connectivity index (χ4n) is 2.91. The summed E-state index contributed by atoms with van der Waals surface area (Å²) >= 11 is 8.54. The molecule has 0 spiro atoms. The normalized spacial score (nSPS) is 10.4. The number of thiophene rings is 1. The zero-order chi connectivity index (χ0) is 31.9. The maximum absolute atomic E-state index is 12.5. The van der Waals surface area contributed by atoms with Crippen molar-refractivity contribution >= 4 is 68.4 Å². The number of aliphatic carboxylic acids is 1. The van der Waals surface area contributed by atoms with Crippen molar-refractivity contribution in [3.8, 4) is 5.75 Å². The number of Topliss-reactive ketones (excluding diaryl/α,β-unsaturated/α-hetero) is 1. The van der Waals surface area contributed by atoms with E-state index in [1.807, 2.05) is 32.0 Å². The lowest BCUT2D eigenvalue weighted by Gasteiger charge is -2.07. The summed E-state index contributed by atoms with van der Waals surface area (Å²) in [5.74, 6) is -2.67. The van der Waals surface area contributed by atoms with Crippen LogP contribution in [0.15, 0.2) is 59.5 Å². The van der Waals surface area contributed by atoms with Crippen LogP contribution in [-0.4, -0.2) is 59.7 Å². The molecule has 0 bridgehead atoms. The highest BCUT2D eigenvalue weighted by atomic mass is 35.5. The standard InChI is InChI=1S/C23H21ClN2O7S3.C2H4O2.C2H6/c24-19-4-2-1-3-14(19)12-34-13-15(27)10-25-22(29)21-8-5-16(35-21)11-26-36(32,33)17-6-7-20(28)18(9-17)23(30)31;1-2(3)4;1-2/h1-9,26,28H,10-13H2,(H,25,29)(H,30,31);1H3,(H,3,4);1-2H3. The number of carbonyl (C=O) groups is 4. The first kappa shape index (κ1) is 36.6. The number of hydrogen-bond acceptors (Lipinski definition) is 9. The van der Waals surface area contributed by atoms with Crippen molar-refractivity contribution in [1.82, 2.24) is 10.0 Å². The van der Waals surface area contributed by atoms with E-state index in [0.717, 1.165) is 42.0 Å². The monoisotopic (exact) mass is 658 g/mol. The van der Waals surface area contributed by atoms with Gasteiger partial charge in [0.25, 0.3) is 11.9 Å². The first-order valence-corrected chi connectivity index (χ1v) is 16.1. The summed E-state index contributed by atoms with van der Waals surface area (Å²) in [4.78, 5) is 45.1. The number of hydrogen-bond donors (Lipinski definition) is 5. The number of nitrogens with one attached hydrogen (secondary N) is 2. The van der Waals surface area contributed by atoms with Gasteiger partial charge < -0.3 is 20.6 Å². The molecule has 228 valence electrons. The number of carboxylic acid groups (broad SMARTS) is 2. The average Bonchev–Trinajstić information content (AvgIpc) is 3.42. The van der Waals surface area contributed by atoms with Crippen LogP contribution in [0.2, 0.25) is 5.02 Å². The van der Waals surface area contributed by atoms with E-state index in [-0.39, 0.29) is 29.5 Å². The smallest absolute Gasteiger partial charge is 0.339 e. The first-order chi connectivity index (χ1) is 19.8. The van der Waals surface area contributed by atoms with Gasteiger partial charge in [0.2, 0.25) is 10.0 Å². The predicted octanol–water partition coefficient (Wildman–Crippen LogP) is 4.63. The van der Waals surface area contributed by atoms with E-state index in [9.17, 15) is 27.9 Å². The minimum atomic E-state index is -4.07. The summed E-state index contributed by atoms with van der Waals surface area (Å²) in [6.07, 6.45) is 0. The summed E-state index contributed by atoms with van der Waals surface area (Å²) < 4.78 is 27.3. The Labute approximate surface area is 257 Å². The third-order valence-electron chi connectivity index (χ3n) is 4.76. The van der Waals surface area contributed by atoms with E-state index < -0.39 is 39.2 Å². The largest absolute Gasteiger partial charge is 0.507 e. The molecule has 0 unspecified atom stereocenters. The lowest BCUT2D eigenvalue weighted by molar-refractivity contribution is -0.134. The van der Waals surface area contributed by atoms with Crippen LogP contribution in [0.5, 0.6) is 5.75 Å². The molecule has 42 heavy (non-hydrogen) atoms. The second kappa shape index (κ2) is 18.2. The topological polar surface area (TPSA) is 187 Å². The number of amides is 1. The number of aromatic hydroxyl groups is 1. The van der Waals surface area contributed by atoms with Crippen molar-refractivity contribution in [2.75, 3.05) is 12.3 Å². The molecule has 2 aromatic carbocycles. The number of carbonyl (C=O) groups excluding carboxylic acids is 2. The zero-order valence-electron chi connectivity index (χ0n) is 22.9. The van der Waals surface area contributed by atoms with Crippen LogP contribution in [-0.2, 0) is 31.9 Å². The number of thioether (sulfide) groups is 1. The molecule has 11 nitrogen and oxygen atoms in total. The Hall–Kier alpha value is -3.43. The third kappa shape index (κ3) is 12.6. The highest BCUT2D eigenvalue weighted by molar-refractivity contribution is 7.99. The minimum absolute atomic E-state index is 0.138. The Morgan fingerprint density at radius 1 is 1.00 bits per heavy atom. The van der Waals surface area contributed by atoms with Gasteiger partial charge in [0.05, 0.1) is 22.1 Å². The van der Waals surface area contributed by atoms with Gasteiger partial charge in [0.1, 0.15) is 11.3 Å². The molecule has 0 saturated carbocycles. The van der Waals surface area contributed by atoms with Gasteiger partial charge in [-0.15, -0.1) is 23.1 Å². The van der Waals surface area contributed by atoms with Gasteiger partial charge in [-0.1, -0.05) is 43.6 Å². The highest BCUT2D eigenvalue weighted by Gasteiger charge is 2.19. The lowest BCUT2D eigenvalue weighted by atomic mass is 10.2. The average molecular weight is 659 g/mol. The van der Waals surface area contributed by atoms with Crippen LogP contribution in [0.4, 0.5) is 0 Å². The summed E-state index contributed by atoms with van der Waals surface area (Å²) in [6, 6.07) is 13.4. The SMILES string of the molecule is CC.CC(=O)O.O=C(CNC(=O)c1ccc(CNS(=O)(=O)c2ccc(O)c(C(=O)O)c2)s1)CSCc1ccccc1Cl. The number of rotatable bonds is 12. The fraction of sp³-hybridized carbons (Fsp3) is 0.259. The Morgan fingerprint density at radius 3 is 2.26 bits per heavy atom. The molecule has 5 N–H and O–H groups in total. The maximum Gasteiger partial charge on any atom is 0.339 e. The van der Waals surface area contributed by atoms with Gasteiger partial charge in [-0.25, -0.2) is 17.9 Å². The number of sulfonamides is 1. The van der Waals surface area contributed by atoms with Crippen molar-refractivity contribution in [1.29, 1.82) is 0 Å². The van der Waals surface area contributed by atoms with Crippen LogP contribution in [0.1, 0.15) is 51.2 Å². The van der Waals surface area contributed by atoms with Crippen molar-refractivity contribution < 1.29 is 42.9 Å². The second-order valence-electron chi connectivity index (χ2n) is 7.90. The summed E-state index contributed by atoms with van der Waals surface area (Å²) in [6.45, 7) is 4.81. The number of halogens is 1. The van der Waals surface area contributed by atoms with E-state index in [0.29, 0.717) is 20.5 Å². The fourth-order valence-corrected chi connectivity index (χ4v) is 6.08. The van der Waals surface area contributed by atoms with E-state index in [2.05, 4.69) is 10.0 Å². The molecular formula is C27H31ClN2O9S3. The molecule has 0 radical (unpaired) electrons. The summed E-state index contributed by atoms with van der Waals surface area (Å²) in [5.41, 5.74) is 0.389. The molecule has 1 amide bonds. The van der Waals surface area contributed by atoms with Crippen LogP contribution >= 0.6 is 34.7 Å². The molecule has 0 atom stereocenters. The number of benzene rings is 2. The Kier molecular flexibility index (Phi) is 15.8. The molecule has 0 aliphatic carbocycles.